The molecule has 1 aliphatic carbocycles. The Morgan fingerprint density at radius 1 is 0.955 bits per heavy atom. The van der Waals surface area contributed by atoms with E-state index in [1.54, 1.807) is 5.57 Å². The van der Waals surface area contributed by atoms with Crippen molar-refractivity contribution in [2.24, 2.45) is 11.3 Å². The van der Waals surface area contributed by atoms with Crippen molar-refractivity contribution in [3.8, 4) is 0 Å². The van der Waals surface area contributed by atoms with E-state index in [-0.39, 0.29) is 0 Å². The molecule has 0 amide bonds. The van der Waals surface area contributed by atoms with Crippen LogP contribution in [0.3, 0.4) is 0 Å². The highest BCUT2D eigenvalue weighted by molar-refractivity contribution is 4.98. The maximum atomic E-state index is 2.41. The van der Waals surface area contributed by atoms with Gasteiger partial charge in [-0.05, 0) is 57.3 Å². The van der Waals surface area contributed by atoms with Crippen molar-refractivity contribution in [1.29, 1.82) is 0 Å². The minimum atomic E-state index is 0.625. The molecule has 0 spiro atoms. The number of hydrogen-bond acceptors (Lipinski definition) is 0. The molecule has 0 saturated heterocycles. The molecule has 0 heterocycles. The topological polar surface area (TPSA) is 0 Å². The second-order valence-corrected chi connectivity index (χ2v) is 7.15. The molecular formula is C22H48. The fourth-order valence-electron chi connectivity index (χ4n) is 2.24. The summed E-state index contributed by atoms with van der Waals surface area (Å²) in [6.45, 7) is 21.8. The Morgan fingerprint density at radius 2 is 1.32 bits per heavy atom. The summed E-state index contributed by atoms with van der Waals surface area (Å²) in [5.74, 6) is 0.976. The summed E-state index contributed by atoms with van der Waals surface area (Å²) in [6, 6.07) is 0. The van der Waals surface area contributed by atoms with E-state index in [1.165, 1.54) is 51.4 Å². The monoisotopic (exact) mass is 312 g/mol. The highest BCUT2D eigenvalue weighted by Crippen LogP contribution is 2.39. The van der Waals surface area contributed by atoms with Crippen LogP contribution in [0, 0.1) is 11.3 Å². The molecule has 1 rings (SSSR count). The fraction of sp³-hybridized carbons (Fsp3) is 0.909. The maximum Gasteiger partial charge on any atom is -0.0295 e. The van der Waals surface area contributed by atoms with E-state index in [1.807, 2.05) is 13.8 Å². The first kappa shape index (κ1) is 26.6. The molecule has 0 aromatic carbocycles. The summed E-state index contributed by atoms with van der Waals surface area (Å²) < 4.78 is 0. The van der Waals surface area contributed by atoms with Crippen molar-refractivity contribution in [2.75, 3.05) is 0 Å². The molecule has 0 nitrogen and oxygen atoms in total. The molecule has 0 radical (unpaired) electrons. The Morgan fingerprint density at radius 3 is 1.59 bits per heavy atom. The highest BCUT2D eigenvalue weighted by Gasteiger charge is 2.26. The molecule has 136 valence electrons. The standard InChI is InChI=1S/C13H24.C4H10.C3H8.C2H6/c1-5-11(2)10-12-6-8-13(3,4)9-7-12;1-3-4-2;1-3-2;1-2/h5,12H,6-10H2,1-4H3;3-4H2,1-2H3;3H2,1-2H3;1-2H3/b11-5+;;;. The molecule has 0 aromatic rings. The van der Waals surface area contributed by atoms with Gasteiger partial charge < -0.3 is 0 Å². The first-order valence-electron chi connectivity index (χ1n) is 9.98. The minimum Gasteiger partial charge on any atom is -0.0887 e. The first-order valence-corrected chi connectivity index (χ1v) is 9.98. The van der Waals surface area contributed by atoms with Gasteiger partial charge in [-0.1, -0.05) is 86.3 Å². The smallest absolute Gasteiger partial charge is 0.0295 e. The van der Waals surface area contributed by atoms with E-state index in [2.05, 4.69) is 61.5 Å². The molecule has 0 heteroatoms. The lowest BCUT2D eigenvalue weighted by Crippen LogP contribution is -2.21. The number of rotatable bonds is 3. The van der Waals surface area contributed by atoms with Crippen molar-refractivity contribution in [1.82, 2.24) is 0 Å². The molecular weight excluding hydrogens is 264 g/mol. The van der Waals surface area contributed by atoms with Crippen molar-refractivity contribution < 1.29 is 0 Å². The third-order valence-electron chi connectivity index (χ3n) is 4.06. The molecule has 0 N–H and O–H groups in total. The lowest BCUT2D eigenvalue weighted by Gasteiger charge is -2.34. The van der Waals surface area contributed by atoms with Crippen LogP contribution >= 0.6 is 0 Å². The van der Waals surface area contributed by atoms with Crippen LogP contribution in [0.15, 0.2) is 11.6 Å². The normalized spacial score (nSPS) is 17.1. The van der Waals surface area contributed by atoms with Crippen molar-refractivity contribution in [3.05, 3.63) is 11.6 Å². The molecule has 0 unspecified atom stereocenters. The van der Waals surface area contributed by atoms with Crippen LogP contribution in [0.2, 0.25) is 0 Å². The third-order valence-corrected chi connectivity index (χ3v) is 4.06. The van der Waals surface area contributed by atoms with Crippen LogP contribution in [0.5, 0.6) is 0 Å². The molecule has 22 heavy (non-hydrogen) atoms. The molecule has 1 saturated carbocycles. The fourth-order valence-corrected chi connectivity index (χ4v) is 2.24. The van der Waals surface area contributed by atoms with Gasteiger partial charge in [0.1, 0.15) is 0 Å². The first-order chi connectivity index (χ1) is 10.4. The zero-order chi connectivity index (χ0) is 18.0. The van der Waals surface area contributed by atoms with Crippen molar-refractivity contribution >= 4 is 0 Å². The van der Waals surface area contributed by atoms with Gasteiger partial charge in [-0.25, -0.2) is 0 Å². The van der Waals surface area contributed by atoms with Crippen LogP contribution < -0.4 is 0 Å². The van der Waals surface area contributed by atoms with E-state index in [4.69, 9.17) is 0 Å². The van der Waals surface area contributed by atoms with Gasteiger partial charge in [0.15, 0.2) is 0 Å². The van der Waals surface area contributed by atoms with Crippen molar-refractivity contribution in [3.63, 3.8) is 0 Å². The zero-order valence-corrected chi connectivity index (χ0v) is 17.8. The summed E-state index contributed by atoms with van der Waals surface area (Å²) in [7, 11) is 0. The quantitative estimate of drug-likeness (QED) is 0.457. The van der Waals surface area contributed by atoms with E-state index < -0.39 is 0 Å². The van der Waals surface area contributed by atoms with Gasteiger partial charge in [-0.2, -0.15) is 0 Å². The van der Waals surface area contributed by atoms with E-state index in [9.17, 15) is 0 Å². The largest absolute Gasteiger partial charge is 0.0887 e. The lowest BCUT2D eigenvalue weighted by atomic mass is 9.72. The zero-order valence-electron chi connectivity index (χ0n) is 17.8. The second kappa shape index (κ2) is 18.8. The average Bonchev–Trinajstić information content (AvgIpc) is 2.52. The number of unbranched alkanes of at least 4 members (excludes halogenated alkanes) is 1. The third kappa shape index (κ3) is 19.7. The molecule has 0 atom stereocenters. The maximum absolute atomic E-state index is 2.41. The van der Waals surface area contributed by atoms with E-state index in [0.717, 1.165) is 5.92 Å². The summed E-state index contributed by atoms with van der Waals surface area (Å²) >= 11 is 0. The molecule has 1 aliphatic rings. The Kier molecular flexibility index (Phi) is 22.7. The average molecular weight is 313 g/mol. The van der Waals surface area contributed by atoms with Gasteiger partial charge in [0.25, 0.3) is 0 Å². The Labute approximate surface area is 144 Å². The van der Waals surface area contributed by atoms with E-state index >= 15 is 0 Å². The summed E-state index contributed by atoms with van der Waals surface area (Å²) in [6.07, 6.45) is 13.2. The van der Waals surface area contributed by atoms with Crippen LogP contribution in [-0.2, 0) is 0 Å². The highest BCUT2D eigenvalue weighted by atomic mass is 14.3. The van der Waals surface area contributed by atoms with E-state index in [0.29, 0.717) is 5.41 Å². The second-order valence-electron chi connectivity index (χ2n) is 7.15. The summed E-state index contributed by atoms with van der Waals surface area (Å²) in [5, 5.41) is 0. The van der Waals surface area contributed by atoms with Crippen molar-refractivity contribution in [2.45, 2.75) is 121 Å². The summed E-state index contributed by atoms with van der Waals surface area (Å²) in [4.78, 5) is 0. The van der Waals surface area contributed by atoms with Crippen LogP contribution in [0.1, 0.15) is 121 Å². The van der Waals surface area contributed by atoms with Gasteiger partial charge in [0.05, 0.1) is 0 Å². The Balaban J connectivity index is -0.000000336. The lowest BCUT2D eigenvalue weighted by molar-refractivity contribution is 0.191. The predicted molar refractivity (Wildman–Crippen MR) is 108 cm³/mol. The SMILES string of the molecule is C/C=C(\C)CC1CCC(C)(C)CC1.CC.CCC.CCCC. The molecule has 1 fully saturated rings. The molecule has 0 aliphatic heterocycles. The van der Waals surface area contributed by atoms with Crippen LogP contribution in [0.4, 0.5) is 0 Å². The van der Waals surface area contributed by atoms with Gasteiger partial charge >= 0.3 is 0 Å². The minimum absolute atomic E-state index is 0.625. The Bertz CT molecular complexity index is 210. The van der Waals surface area contributed by atoms with Crippen LogP contribution in [-0.4, -0.2) is 0 Å². The molecule has 0 aromatic heterocycles. The van der Waals surface area contributed by atoms with Crippen LogP contribution in [0.25, 0.3) is 0 Å². The Hall–Kier alpha value is -0.260. The molecule has 0 bridgehead atoms. The van der Waals surface area contributed by atoms with Gasteiger partial charge in [-0.3, -0.25) is 0 Å². The predicted octanol–water partition coefficient (Wildman–Crippen LogP) is 8.81. The van der Waals surface area contributed by atoms with Gasteiger partial charge in [0.2, 0.25) is 0 Å². The summed E-state index contributed by atoms with van der Waals surface area (Å²) in [5.41, 5.74) is 2.20. The number of allylic oxidation sites excluding steroid dienone is 2. The van der Waals surface area contributed by atoms with Gasteiger partial charge in [0, 0.05) is 0 Å². The number of hydrogen-bond donors (Lipinski definition) is 0. The van der Waals surface area contributed by atoms with Gasteiger partial charge in [-0.15, -0.1) is 0 Å².